The number of benzene rings is 2. The van der Waals surface area contributed by atoms with Crippen molar-refractivity contribution >= 4 is 17.0 Å². The SMILES string of the molecule is CC1(C)C=Cc2c(c(C3CC(C)(C)O3)c(O)c3c(=O)c(-c4ccc(O)c(O)c4)coc23)O1. The molecule has 7 heteroatoms. The predicted molar refractivity (Wildman–Crippen MR) is 119 cm³/mol. The van der Waals surface area contributed by atoms with Crippen LogP contribution in [0, 0.1) is 0 Å². The van der Waals surface area contributed by atoms with E-state index in [9.17, 15) is 20.1 Å². The minimum atomic E-state index is -0.606. The number of fused-ring (bicyclic) bond motifs is 3. The Balaban J connectivity index is 1.80. The molecule has 0 radical (unpaired) electrons. The summed E-state index contributed by atoms with van der Waals surface area (Å²) in [5.41, 5.74) is 0.298. The van der Waals surface area contributed by atoms with Gasteiger partial charge < -0.3 is 29.2 Å². The van der Waals surface area contributed by atoms with Gasteiger partial charge in [-0.15, -0.1) is 0 Å². The van der Waals surface area contributed by atoms with Crippen molar-refractivity contribution < 1.29 is 29.2 Å². The number of hydrogen-bond acceptors (Lipinski definition) is 7. The maximum absolute atomic E-state index is 13.5. The van der Waals surface area contributed by atoms with Gasteiger partial charge in [-0.05, 0) is 57.5 Å². The van der Waals surface area contributed by atoms with Crippen LogP contribution in [0.25, 0.3) is 28.2 Å². The van der Waals surface area contributed by atoms with Crippen LogP contribution in [-0.4, -0.2) is 26.5 Å². The third kappa shape index (κ3) is 3.04. The fourth-order valence-corrected chi connectivity index (χ4v) is 4.39. The van der Waals surface area contributed by atoms with Crippen LogP contribution >= 0.6 is 0 Å². The van der Waals surface area contributed by atoms with Crippen LogP contribution < -0.4 is 10.2 Å². The van der Waals surface area contributed by atoms with Crippen molar-refractivity contribution in [1.29, 1.82) is 0 Å². The van der Waals surface area contributed by atoms with Crippen LogP contribution in [0.4, 0.5) is 0 Å². The molecule has 3 aromatic rings. The Morgan fingerprint density at radius 3 is 2.44 bits per heavy atom. The predicted octanol–water partition coefficient (Wildman–Crippen LogP) is 5.00. The molecule has 0 aliphatic carbocycles. The molecule has 166 valence electrons. The van der Waals surface area contributed by atoms with Crippen LogP contribution in [0.15, 0.2) is 39.7 Å². The van der Waals surface area contributed by atoms with E-state index in [4.69, 9.17) is 13.9 Å². The van der Waals surface area contributed by atoms with Crippen LogP contribution in [0.1, 0.15) is 51.3 Å². The number of phenols is 3. The Morgan fingerprint density at radius 2 is 1.78 bits per heavy atom. The van der Waals surface area contributed by atoms with Gasteiger partial charge in [-0.3, -0.25) is 4.79 Å². The van der Waals surface area contributed by atoms with Crippen molar-refractivity contribution in [2.75, 3.05) is 0 Å². The van der Waals surface area contributed by atoms with Gasteiger partial charge in [-0.2, -0.15) is 0 Å². The van der Waals surface area contributed by atoms with E-state index < -0.39 is 17.1 Å². The molecule has 1 unspecified atom stereocenters. The van der Waals surface area contributed by atoms with Crippen molar-refractivity contribution in [2.24, 2.45) is 0 Å². The lowest BCUT2D eigenvalue weighted by molar-refractivity contribution is -0.189. The van der Waals surface area contributed by atoms with Crippen LogP contribution in [0.3, 0.4) is 0 Å². The van der Waals surface area contributed by atoms with E-state index in [2.05, 4.69) is 0 Å². The molecule has 1 saturated heterocycles. The van der Waals surface area contributed by atoms with Crippen molar-refractivity contribution in [1.82, 2.24) is 0 Å². The monoisotopic (exact) mass is 436 g/mol. The zero-order valence-electron chi connectivity index (χ0n) is 18.2. The average molecular weight is 436 g/mol. The molecule has 1 atom stereocenters. The molecule has 0 saturated carbocycles. The van der Waals surface area contributed by atoms with Crippen LogP contribution in [0.2, 0.25) is 0 Å². The summed E-state index contributed by atoms with van der Waals surface area (Å²) >= 11 is 0. The van der Waals surface area contributed by atoms with Crippen LogP contribution in [0.5, 0.6) is 23.0 Å². The van der Waals surface area contributed by atoms with Gasteiger partial charge in [0, 0.05) is 6.42 Å². The second-order valence-electron chi connectivity index (χ2n) is 9.50. The van der Waals surface area contributed by atoms with Gasteiger partial charge in [-0.25, -0.2) is 0 Å². The minimum absolute atomic E-state index is 0.0186. The van der Waals surface area contributed by atoms with Gasteiger partial charge in [0.2, 0.25) is 5.43 Å². The summed E-state index contributed by atoms with van der Waals surface area (Å²) in [7, 11) is 0. The van der Waals surface area contributed by atoms with Gasteiger partial charge in [-0.1, -0.05) is 6.07 Å². The Hall–Kier alpha value is -3.45. The van der Waals surface area contributed by atoms with Gasteiger partial charge in [0.1, 0.15) is 28.7 Å². The highest BCUT2D eigenvalue weighted by Gasteiger charge is 2.43. The first-order valence-electron chi connectivity index (χ1n) is 10.4. The topological polar surface area (TPSA) is 109 Å². The van der Waals surface area contributed by atoms with E-state index in [1.54, 1.807) is 0 Å². The molecule has 7 nitrogen and oxygen atoms in total. The smallest absolute Gasteiger partial charge is 0.204 e. The number of aromatic hydroxyl groups is 3. The second kappa shape index (κ2) is 6.53. The summed E-state index contributed by atoms with van der Waals surface area (Å²) in [6.45, 7) is 7.73. The number of phenolic OH excluding ortho intramolecular Hbond substituents is 3. The van der Waals surface area contributed by atoms with E-state index >= 15 is 0 Å². The van der Waals surface area contributed by atoms with Gasteiger partial charge >= 0.3 is 0 Å². The highest BCUT2D eigenvalue weighted by Crippen LogP contribution is 2.53. The summed E-state index contributed by atoms with van der Waals surface area (Å²) in [5.74, 6) is -0.445. The quantitative estimate of drug-likeness (QED) is 0.485. The summed E-state index contributed by atoms with van der Waals surface area (Å²) < 4.78 is 18.0. The summed E-state index contributed by atoms with van der Waals surface area (Å²) in [6, 6.07) is 4.05. The zero-order chi connectivity index (χ0) is 23.0. The first kappa shape index (κ1) is 20.5. The molecule has 0 amide bonds. The fourth-order valence-electron chi connectivity index (χ4n) is 4.39. The molecule has 1 fully saturated rings. The highest BCUT2D eigenvalue weighted by atomic mass is 16.5. The standard InChI is InChI=1S/C25H24O7/c1-24(2)8-7-13-22-19(21(29)18(23(13)32-24)17-10-25(3,4)31-17)20(28)14(11-30-22)12-5-6-15(26)16(27)9-12/h5-9,11,17,26-27,29H,10H2,1-4H3. The van der Waals surface area contributed by atoms with Gasteiger partial charge in [0.15, 0.2) is 17.1 Å². The lowest BCUT2D eigenvalue weighted by Crippen LogP contribution is -2.40. The Kier molecular flexibility index (Phi) is 4.17. The Labute approximate surface area is 184 Å². The molecule has 1 aromatic heterocycles. The molecular formula is C25H24O7. The van der Waals surface area contributed by atoms with E-state index in [-0.39, 0.29) is 39.4 Å². The van der Waals surface area contributed by atoms with E-state index in [1.165, 1.54) is 24.5 Å². The molecule has 2 aromatic carbocycles. The Morgan fingerprint density at radius 1 is 1.06 bits per heavy atom. The molecule has 5 rings (SSSR count). The van der Waals surface area contributed by atoms with Crippen molar-refractivity contribution in [2.45, 2.75) is 51.4 Å². The van der Waals surface area contributed by atoms with Gasteiger partial charge in [0.25, 0.3) is 0 Å². The molecule has 2 aliphatic heterocycles. The van der Waals surface area contributed by atoms with Crippen molar-refractivity contribution in [3.05, 3.63) is 51.9 Å². The molecule has 3 heterocycles. The third-order valence-electron chi connectivity index (χ3n) is 5.98. The van der Waals surface area contributed by atoms with Crippen LogP contribution in [-0.2, 0) is 4.74 Å². The second-order valence-corrected chi connectivity index (χ2v) is 9.50. The third-order valence-corrected chi connectivity index (χ3v) is 5.98. The van der Waals surface area contributed by atoms with E-state index in [0.717, 1.165) is 0 Å². The lowest BCUT2D eigenvalue weighted by atomic mass is 9.85. The molecule has 32 heavy (non-hydrogen) atoms. The number of hydrogen-bond donors (Lipinski definition) is 3. The van der Waals surface area contributed by atoms with E-state index in [0.29, 0.717) is 28.9 Å². The minimum Gasteiger partial charge on any atom is -0.506 e. The number of rotatable bonds is 2. The molecule has 0 spiro atoms. The summed E-state index contributed by atoms with van der Waals surface area (Å²) in [5, 5.41) is 30.8. The van der Waals surface area contributed by atoms with Crippen molar-refractivity contribution in [3.8, 4) is 34.1 Å². The maximum atomic E-state index is 13.5. The van der Waals surface area contributed by atoms with Crippen molar-refractivity contribution in [3.63, 3.8) is 0 Å². The maximum Gasteiger partial charge on any atom is 0.204 e. The Bertz CT molecular complexity index is 1350. The molecule has 0 bridgehead atoms. The summed E-state index contributed by atoms with van der Waals surface area (Å²) in [4.78, 5) is 13.5. The largest absolute Gasteiger partial charge is 0.506 e. The number of ether oxygens (including phenoxy) is 2. The molecule has 3 N–H and O–H groups in total. The molecular weight excluding hydrogens is 412 g/mol. The first-order valence-corrected chi connectivity index (χ1v) is 10.4. The zero-order valence-corrected chi connectivity index (χ0v) is 18.2. The first-order chi connectivity index (χ1) is 15.0. The summed E-state index contributed by atoms with van der Waals surface area (Å²) in [6.07, 6.45) is 5.22. The lowest BCUT2D eigenvalue weighted by Gasteiger charge is -2.44. The van der Waals surface area contributed by atoms with E-state index in [1.807, 2.05) is 39.8 Å². The highest BCUT2D eigenvalue weighted by molar-refractivity contribution is 5.97. The normalized spacial score (nSPS) is 20.4. The molecule has 2 aliphatic rings. The fraction of sp³-hybridized carbons (Fsp3) is 0.320. The van der Waals surface area contributed by atoms with Gasteiger partial charge in [0.05, 0.1) is 28.4 Å². The average Bonchev–Trinajstić information content (AvgIpc) is 2.68.